The summed E-state index contributed by atoms with van der Waals surface area (Å²) in [7, 11) is 0. The van der Waals surface area contributed by atoms with Crippen LogP contribution in [0.3, 0.4) is 0 Å². The van der Waals surface area contributed by atoms with Crippen molar-refractivity contribution in [1.29, 1.82) is 0 Å². The number of hydrogen-bond acceptors (Lipinski definition) is 4. The average Bonchev–Trinajstić information content (AvgIpc) is 2.20. The minimum absolute atomic E-state index is 0. The number of aromatic nitrogens is 1. The van der Waals surface area contributed by atoms with Crippen LogP contribution in [0.1, 0.15) is 0 Å². The Morgan fingerprint density at radius 2 is 1.93 bits per heavy atom. The van der Waals surface area contributed by atoms with E-state index >= 15 is 0 Å². The molecule has 86 valence electrons. The molecule has 0 unspecified atom stereocenters. The maximum atomic E-state index is 5.83. The Bertz CT molecular complexity index is 289. The second kappa shape index (κ2) is 6.71. The van der Waals surface area contributed by atoms with Crippen molar-refractivity contribution in [2.24, 2.45) is 0 Å². The molecule has 1 aliphatic rings. The molecule has 2 heterocycles. The van der Waals surface area contributed by atoms with E-state index in [1.54, 1.807) is 6.20 Å². The molecular formula is C9H16Cl2N4. The van der Waals surface area contributed by atoms with Crippen molar-refractivity contribution in [3.63, 3.8) is 0 Å². The van der Waals surface area contributed by atoms with Gasteiger partial charge in [0.25, 0.3) is 0 Å². The van der Waals surface area contributed by atoms with E-state index < -0.39 is 0 Å². The fourth-order valence-electron chi connectivity index (χ4n) is 1.55. The summed E-state index contributed by atoms with van der Waals surface area (Å²) in [4.78, 5) is 6.49. The molecule has 1 aromatic heterocycles. The summed E-state index contributed by atoms with van der Waals surface area (Å²) >= 11 is 0. The Labute approximate surface area is 102 Å². The summed E-state index contributed by atoms with van der Waals surface area (Å²) < 4.78 is 0. The first-order chi connectivity index (χ1) is 6.38. The molecule has 6 heteroatoms. The number of nitrogens with two attached hydrogens (primary N) is 1. The van der Waals surface area contributed by atoms with Gasteiger partial charge in [-0.2, -0.15) is 0 Å². The molecule has 2 rings (SSSR count). The summed E-state index contributed by atoms with van der Waals surface area (Å²) in [5, 5.41) is 3.29. The Balaban J connectivity index is 0.000000980. The van der Waals surface area contributed by atoms with Crippen molar-refractivity contribution in [3.8, 4) is 0 Å². The van der Waals surface area contributed by atoms with Gasteiger partial charge in [0, 0.05) is 32.4 Å². The van der Waals surface area contributed by atoms with Crippen molar-refractivity contribution in [3.05, 3.63) is 18.3 Å². The molecule has 0 aromatic carbocycles. The highest BCUT2D eigenvalue weighted by Gasteiger charge is 2.12. The molecule has 1 aromatic rings. The second-order valence-corrected chi connectivity index (χ2v) is 3.15. The summed E-state index contributed by atoms with van der Waals surface area (Å²) in [6.45, 7) is 3.99. The minimum Gasteiger partial charge on any atom is -0.396 e. The number of rotatable bonds is 1. The molecule has 0 radical (unpaired) electrons. The maximum absolute atomic E-state index is 5.83. The molecule has 1 fully saturated rings. The van der Waals surface area contributed by atoms with E-state index in [-0.39, 0.29) is 24.8 Å². The lowest BCUT2D eigenvalue weighted by atomic mass is 10.3. The van der Waals surface area contributed by atoms with Gasteiger partial charge in [0.05, 0.1) is 5.69 Å². The summed E-state index contributed by atoms with van der Waals surface area (Å²) in [6.07, 6.45) is 1.79. The molecule has 4 nitrogen and oxygen atoms in total. The average molecular weight is 251 g/mol. The Morgan fingerprint density at radius 3 is 2.53 bits per heavy atom. The van der Waals surface area contributed by atoms with Crippen LogP contribution in [-0.2, 0) is 0 Å². The van der Waals surface area contributed by atoms with Crippen LogP contribution in [-0.4, -0.2) is 31.2 Å². The van der Waals surface area contributed by atoms with Crippen molar-refractivity contribution < 1.29 is 0 Å². The minimum atomic E-state index is 0. The van der Waals surface area contributed by atoms with E-state index in [1.807, 2.05) is 12.1 Å². The zero-order valence-corrected chi connectivity index (χ0v) is 9.98. The number of anilines is 2. The van der Waals surface area contributed by atoms with Crippen LogP contribution in [0.4, 0.5) is 11.5 Å². The third-order valence-corrected chi connectivity index (χ3v) is 2.23. The van der Waals surface area contributed by atoms with Crippen LogP contribution in [0.5, 0.6) is 0 Å². The molecule has 1 aliphatic heterocycles. The van der Waals surface area contributed by atoms with E-state index in [9.17, 15) is 0 Å². The van der Waals surface area contributed by atoms with Gasteiger partial charge in [0.2, 0.25) is 0 Å². The van der Waals surface area contributed by atoms with Crippen LogP contribution in [0.15, 0.2) is 18.3 Å². The molecule has 3 N–H and O–H groups in total. The zero-order valence-electron chi connectivity index (χ0n) is 8.35. The number of halogens is 2. The third-order valence-electron chi connectivity index (χ3n) is 2.23. The maximum Gasteiger partial charge on any atom is 0.151 e. The van der Waals surface area contributed by atoms with Crippen molar-refractivity contribution in [2.45, 2.75) is 0 Å². The van der Waals surface area contributed by atoms with E-state index in [1.165, 1.54) is 0 Å². The third kappa shape index (κ3) is 3.41. The number of nitrogens with zero attached hydrogens (tertiary/aromatic N) is 2. The first-order valence-corrected chi connectivity index (χ1v) is 4.54. The van der Waals surface area contributed by atoms with Crippen LogP contribution in [0.25, 0.3) is 0 Å². The molecule has 0 amide bonds. The second-order valence-electron chi connectivity index (χ2n) is 3.15. The molecule has 1 saturated heterocycles. The highest BCUT2D eigenvalue weighted by Crippen LogP contribution is 2.18. The Morgan fingerprint density at radius 1 is 1.27 bits per heavy atom. The summed E-state index contributed by atoms with van der Waals surface area (Å²) in [6, 6.07) is 3.76. The molecule has 0 bridgehead atoms. The largest absolute Gasteiger partial charge is 0.396 e. The van der Waals surface area contributed by atoms with Gasteiger partial charge in [0.1, 0.15) is 0 Å². The molecule has 0 saturated carbocycles. The first-order valence-electron chi connectivity index (χ1n) is 4.54. The van der Waals surface area contributed by atoms with E-state index in [0.717, 1.165) is 37.7 Å². The smallest absolute Gasteiger partial charge is 0.151 e. The SMILES string of the molecule is Cl.Cl.Nc1cccnc1N1CCNCC1. The lowest BCUT2D eigenvalue weighted by molar-refractivity contribution is 0.585. The number of nitrogens with one attached hydrogen (secondary N) is 1. The van der Waals surface area contributed by atoms with E-state index in [2.05, 4.69) is 15.2 Å². The van der Waals surface area contributed by atoms with Crippen LogP contribution in [0.2, 0.25) is 0 Å². The molecule has 0 spiro atoms. The standard InChI is InChI=1S/C9H14N4.2ClH/c10-8-2-1-3-12-9(8)13-6-4-11-5-7-13;;/h1-3,11H,4-7,10H2;2*1H. The van der Waals surface area contributed by atoms with E-state index in [4.69, 9.17) is 5.73 Å². The quantitative estimate of drug-likeness (QED) is 0.779. The van der Waals surface area contributed by atoms with Crippen LogP contribution >= 0.6 is 24.8 Å². The Kier molecular flexibility index (Phi) is 6.40. The van der Waals surface area contributed by atoms with Gasteiger partial charge in [-0.05, 0) is 12.1 Å². The fourth-order valence-corrected chi connectivity index (χ4v) is 1.55. The van der Waals surface area contributed by atoms with Gasteiger partial charge in [0.15, 0.2) is 5.82 Å². The Hall–Kier alpha value is -0.710. The molecular weight excluding hydrogens is 235 g/mol. The fraction of sp³-hybridized carbons (Fsp3) is 0.444. The topological polar surface area (TPSA) is 54.2 Å². The van der Waals surface area contributed by atoms with Gasteiger partial charge < -0.3 is 16.0 Å². The zero-order chi connectivity index (χ0) is 9.10. The number of nitrogen functional groups attached to an aromatic ring is 1. The van der Waals surface area contributed by atoms with Gasteiger partial charge in [-0.25, -0.2) is 4.98 Å². The molecule has 0 aliphatic carbocycles. The summed E-state index contributed by atoms with van der Waals surface area (Å²) in [5.74, 6) is 0.920. The first kappa shape index (κ1) is 14.3. The predicted molar refractivity (Wildman–Crippen MR) is 68.2 cm³/mol. The molecule has 0 atom stereocenters. The summed E-state index contributed by atoms with van der Waals surface area (Å²) in [5.41, 5.74) is 6.59. The van der Waals surface area contributed by atoms with Gasteiger partial charge in [-0.1, -0.05) is 0 Å². The predicted octanol–water partition coefficient (Wildman–Crippen LogP) is 0.917. The number of pyridine rings is 1. The van der Waals surface area contributed by atoms with Crippen molar-refractivity contribution >= 4 is 36.3 Å². The number of hydrogen-bond donors (Lipinski definition) is 2. The monoisotopic (exact) mass is 250 g/mol. The van der Waals surface area contributed by atoms with Gasteiger partial charge in [-0.15, -0.1) is 24.8 Å². The van der Waals surface area contributed by atoms with Crippen LogP contribution in [0, 0.1) is 0 Å². The van der Waals surface area contributed by atoms with Gasteiger partial charge >= 0.3 is 0 Å². The molecule has 15 heavy (non-hydrogen) atoms. The lowest BCUT2D eigenvalue weighted by Gasteiger charge is -2.29. The number of piperazine rings is 1. The van der Waals surface area contributed by atoms with Gasteiger partial charge in [-0.3, -0.25) is 0 Å². The van der Waals surface area contributed by atoms with Crippen LogP contribution < -0.4 is 16.0 Å². The van der Waals surface area contributed by atoms with Crippen molar-refractivity contribution in [1.82, 2.24) is 10.3 Å². The normalized spacial score (nSPS) is 15.1. The highest BCUT2D eigenvalue weighted by atomic mass is 35.5. The van der Waals surface area contributed by atoms with E-state index in [0.29, 0.717) is 0 Å². The lowest BCUT2D eigenvalue weighted by Crippen LogP contribution is -2.44. The van der Waals surface area contributed by atoms with Crippen molar-refractivity contribution in [2.75, 3.05) is 36.8 Å². The highest BCUT2D eigenvalue weighted by molar-refractivity contribution is 5.85.